The Hall–Kier alpha value is -2.71. The normalized spacial score (nSPS) is 30.6. The molecule has 0 amide bonds. The fourth-order valence-electron chi connectivity index (χ4n) is 4.31. The number of carbonyl (C=O) groups is 5. The lowest BCUT2D eigenvalue weighted by Crippen LogP contribution is -2.63. The number of benzene rings is 1. The number of fused-ring (bicyclic) bond motifs is 3. The third-order valence-corrected chi connectivity index (χ3v) is 5.13. The number of ether oxygens (including phenoxy) is 3. The van der Waals surface area contributed by atoms with Crippen LogP contribution >= 0.6 is 0 Å². The Kier molecular flexibility index (Phi) is 4.81. The van der Waals surface area contributed by atoms with Crippen LogP contribution in [0.3, 0.4) is 0 Å². The molecule has 0 radical (unpaired) electrons. The molecule has 28 heavy (non-hydrogen) atoms. The molecule has 0 spiro atoms. The van der Waals surface area contributed by atoms with Crippen molar-refractivity contribution in [2.45, 2.75) is 45.2 Å². The number of hydrogen-bond acceptors (Lipinski definition) is 8. The lowest BCUT2D eigenvalue weighted by atomic mass is 9.62. The molecule has 2 aliphatic rings. The maximum Gasteiger partial charge on any atom is 0.308 e. The minimum absolute atomic E-state index is 0.0148. The Morgan fingerprint density at radius 1 is 1.18 bits per heavy atom. The van der Waals surface area contributed by atoms with E-state index < -0.39 is 46.9 Å². The quantitative estimate of drug-likeness (QED) is 0.250. The summed E-state index contributed by atoms with van der Waals surface area (Å²) in [6.45, 7) is 6.02. The second kappa shape index (κ2) is 6.72. The van der Waals surface area contributed by atoms with Gasteiger partial charge in [0, 0.05) is 12.8 Å². The van der Waals surface area contributed by atoms with Crippen LogP contribution in [0.5, 0.6) is 5.75 Å². The van der Waals surface area contributed by atoms with Crippen LogP contribution in [-0.2, 0) is 34.3 Å². The van der Waals surface area contributed by atoms with E-state index in [-0.39, 0.29) is 17.6 Å². The molecule has 0 aromatic heterocycles. The summed E-state index contributed by atoms with van der Waals surface area (Å²) in [5.41, 5.74) is -0.978. The molecule has 0 saturated carbocycles. The zero-order chi connectivity index (χ0) is 20.9. The maximum atomic E-state index is 13.2. The van der Waals surface area contributed by atoms with E-state index in [9.17, 15) is 24.0 Å². The highest BCUT2D eigenvalue weighted by Gasteiger charge is 2.61. The Morgan fingerprint density at radius 3 is 2.43 bits per heavy atom. The molecule has 3 rings (SSSR count). The first-order valence-electron chi connectivity index (χ1n) is 8.74. The largest absolute Gasteiger partial charge is 0.426 e. The van der Waals surface area contributed by atoms with Crippen LogP contribution in [0.4, 0.5) is 0 Å². The third kappa shape index (κ3) is 2.98. The highest BCUT2D eigenvalue weighted by atomic mass is 16.7. The minimum atomic E-state index is -1.50. The Balaban J connectivity index is 2.33. The first kappa shape index (κ1) is 20.0. The second-order valence-corrected chi connectivity index (χ2v) is 7.49. The van der Waals surface area contributed by atoms with Crippen molar-refractivity contribution in [3.05, 3.63) is 29.3 Å². The van der Waals surface area contributed by atoms with Crippen LogP contribution in [-0.4, -0.2) is 42.0 Å². The maximum absolute atomic E-state index is 13.2. The summed E-state index contributed by atoms with van der Waals surface area (Å²) in [4.78, 5) is 60.2. The summed E-state index contributed by atoms with van der Waals surface area (Å²) in [5.74, 6) is -6.16. The first-order chi connectivity index (χ1) is 13.1. The number of ketones is 2. The standard InChI is InChI=1S/C20H20O8/c1-10(23)26-13-7-5-6-11-15(13)18(25)16(12(24)8-21)17-14(9-22)27-19(2,3)28-20(11,17)4/h5-9,14,16-17H,1-4H3/t14-,16+,17-,20-/m1/s1. The average Bonchev–Trinajstić information content (AvgIpc) is 2.60. The van der Waals surface area contributed by atoms with E-state index in [1.165, 1.54) is 13.0 Å². The molecular weight excluding hydrogens is 368 g/mol. The molecule has 1 heterocycles. The fraction of sp³-hybridized carbons (Fsp3) is 0.450. The Bertz CT molecular complexity index is 886. The lowest BCUT2D eigenvalue weighted by Gasteiger charge is -2.54. The van der Waals surface area contributed by atoms with Gasteiger partial charge in [-0.15, -0.1) is 0 Å². The van der Waals surface area contributed by atoms with Gasteiger partial charge in [0.05, 0.1) is 11.5 Å². The molecule has 0 N–H and O–H groups in total. The molecule has 148 valence electrons. The van der Waals surface area contributed by atoms with Crippen molar-refractivity contribution in [3.63, 3.8) is 0 Å². The SMILES string of the molecule is CC(=O)Oc1cccc2c1C(=O)[C@@H](C(=O)C=O)[C@H]1[C@@H](C=O)OC(C)(C)O[C@]21C. The molecule has 1 saturated heterocycles. The van der Waals surface area contributed by atoms with Gasteiger partial charge >= 0.3 is 5.97 Å². The van der Waals surface area contributed by atoms with Crippen LogP contribution in [0.1, 0.15) is 43.6 Å². The van der Waals surface area contributed by atoms with Crippen LogP contribution in [0, 0.1) is 11.8 Å². The molecule has 0 unspecified atom stereocenters. The van der Waals surface area contributed by atoms with Gasteiger partial charge in [-0.1, -0.05) is 12.1 Å². The molecule has 1 aliphatic carbocycles. The number of Topliss-reactive ketones (excluding diaryl/α,β-unsaturated/α-hetero) is 2. The van der Waals surface area contributed by atoms with Crippen molar-refractivity contribution < 1.29 is 38.2 Å². The molecule has 0 bridgehead atoms. The number of hydrogen-bond donors (Lipinski definition) is 0. The predicted octanol–water partition coefficient (Wildman–Crippen LogP) is 1.37. The van der Waals surface area contributed by atoms with Gasteiger partial charge in [0.25, 0.3) is 0 Å². The van der Waals surface area contributed by atoms with E-state index in [0.29, 0.717) is 11.8 Å². The van der Waals surface area contributed by atoms with Crippen LogP contribution in [0.2, 0.25) is 0 Å². The van der Waals surface area contributed by atoms with Crippen molar-refractivity contribution >= 4 is 30.1 Å². The van der Waals surface area contributed by atoms with Gasteiger partial charge in [-0.3, -0.25) is 19.2 Å². The van der Waals surface area contributed by atoms with E-state index in [1.807, 2.05) is 0 Å². The molecule has 8 heteroatoms. The van der Waals surface area contributed by atoms with Gasteiger partial charge in [-0.25, -0.2) is 0 Å². The highest BCUT2D eigenvalue weighted by Crippen LogP contribution is 2.54. The molecule has 1 aromatic rings. The fourth-order valence-corrected chi connectivity index (χ4v) is 4.31. The smallest absolute Gasteiger partial charge is 0.308 e. The monoisotopic (exact) mass is 388 g/mol. The molecule has 1 aromatic carbocycles. The van der Waals surface area contributed by atoms with Crippen molar-refractivity contribution in [2.75, 3.05) is 0 Å². The van der Waals surface area contributed by atoms with Crippen molar-refractivity contribution in [1.29, 1.82) is 0 Å². The van der Waals surface area contributed by atoms with Gasteiger partial charge in [0.1, 0.15) is 23.7 Å². The predicted molar refractivity (Wildman–Crippen MR) is 93.6 cm³/mol. The van der Waals surface area contributed by atoms with Gasteiger partial charge in [-0.2, -0.15) is 0 Å². The zero-order valence-electron chi connectivity index (χ0n) is 15.9. The summed E-state index contributed by atoms with van der Waals surface area (Å²) in [7, 11) is 0. The van der Waals surface area contributed by atoms with Gasteiger partial charge in [-0.05, 0) is 32.4 Å². The van der Waals surface area contributed by atoms with Gasteiger partial charge in [0.15, 0.2) is 17.9 Å². The Morgan fingerprint density at radius 2 is 1.86 bits per heavy atom. The molecule has 4 atom stereocenters. The number of carbonyl (C=O) groups excluding carboxylic acids is 5. The molecule has 1 fully saturated rings. The minimum Gasteiger partial charge on any atom is -0.426 e. The summed E-state index contributed by atoms with van der Waals surface area (Å²) >= 11 is 0. The summed E-state index contributed by atoms with van der Waals surface area (Å²) in [6.07, 6.45) is -0.603. The number of esters is 1. The van der Waals surface area contributed by atoms with Crippen molar-refractivity contribution in [3.8, 4) is 5.75 Å². The molecule has 8 nitrogen and oxygen atoms in total. The van der Waals surface area contributed by atoms with Crippen molar-refractivity contribution in [1.82, 2.24) is 0 Å². The molecule has 1 aliphatic heterocycles. The first-order valence-corrected chi connectivity index (χ1v) is 8.74. The van der Waals surface area contributed by atoms with E-state index in [1.54, 1.807) is 32.9 Å². The van der Waals surface area contributed by atoms with Gasteiger partial charge < -0.3 is 19.0 Å². The van der Waals surface area contributed by atoms with E-state index in [2.05, 4.69) is 0 Å². The second-order valence-electron chi connectivity index (χ2n) is 7.49. The summed E-state index contributed by atoms with van der Waals surface area (Å²) in [6, 6.07) is 4.61. The van der Waals surface area contributed by atoms with Crippen molar-refractivity contribution in [2.24, 2.45) is 11.8 Å². The molecular formula is C20H20O8. The van der Waals surface area contributed by atoms with Gasteiger partial charge in [0.2, 0.25) is 5.78 Å². The van der Waals surface area contributed by atoms with Crippen LogP contribution < -0.4 is 4.74 Å². The van der Waals surface area contributed by atoms with Crippen LogP contribution in [0.15, 0.2) is 18.2 Å². The van der Waals surface area contributed by atoms with E-state index in [4.69, 9.17) is 14.2 Å². The summed E-state index contributed by atoms with van der Waals surface area (Å²) in [5, 5.41) is 0. The number of aldehydes is 2. The average molecular weight is 388 g/mol. The van der Waals surface area contributed by atoms with E-state index in [0.717, 1.165) is 0 Å². The summed E-state index contributed by atoms with van der Waals surface area (Å²) < 4.78 is 16.9. The lowest BCUT2D eigenvalue weighted by molar-refractivity contribution is -0.353. The third-order valence-electron chi connectivity index (χ3n) is 5.13. The van der Waals surface area contributed by atoms with Crippen LogP contribution in [0.25, 0.3) is 0 Å². The highest BCUT2D eigenvalue weighted by molar-refractivity contribution is 6.34. The van der Waals surface area contributed by atoms with E-state index >= 15 is 0 Å². The Labute approximate surface area is 161 Å². The zero-order valence-corrected chi connectivity index (χ0v) is 15.9. The topological polar surface area (TPSA) is 113 Å². The number of rotatable bonds is 4.